The molecule has 0 aromatic heterocycles. The third kappa shape index (κ3) is 4.62. The molecule has 1 aromatic carbocycles. The van der Waals surface area contributed by atoms with Gasteiger partial charge >= 0.3 is 0 Å². The van der Waals surface area contributed by atoms with E-state index in [1.54, 1.807) is 0 Å². The molecule has 2 atom stereocenters. The molecule has 23 heavy (non-hydrogen) atoms. The average molecular weight is 405 g/mol. The molecule has 0 amide bonds. The Bertz CT molecular complexity index is 625. The molecule has 0 heterocycles. The molecule has 0 spiro atoms. The molecule has 126 valence electrons. The standard InChI is InChI=1S/C15H17BrFNO4S/c16-13-9-12(17)5-6-15(13)18(23(20)21)14-4-2-1-3-11(14)7-8-22-10-19/h3,5-6,9-10,14H,1-2,4,7-8H2,(H,20,21)/p-1. The van der Waals surface area contributed by atoms with Gasteiger partial charge in [-0.25, -0.2) is 4.39 Å². The van der Waals surface area contributed by atoms with Crippen LogP contribution in [0.1, 0.15) is 25.7 Å². The first kappa shape index (κ1) is 18.1. The van der Waals surface area contributed by atoms with Crippen LogP contribution in [0.25, 0.3) is 0 Å². The highest BCUT2D eigenvalue weighted by molar-refractivity contribution is 9.10. The van der Waals surface area contributed by atoms with Crippen LogP contribution in [-0.4, -0.2) is 27.9 Å². The Morgan fingerprint density at radius 2 is 2.30 bits per heavy atom. The number of halogens is 2. The summed E-state index contributed by atoms with van der Waals surface area (Å²) in [5.74, 6) is -0.448. The van der Waals surface area contributed by atoms with Gasteiger partial charge in [-0.2, -0.15) is 0 Å². The lowest BCUT2D eigenvalue weighted by atomic mass is 9.92. The lowest BCUT2D eigenvalue weighted by Gasteiger charge is -2.38. The number of carbonyl (C=O) groups excluding carboxylic acids is 1. The first-order valence-electron chi connectivity index (χ1n) is 7.12. The number of anilines is 1. The van der Waals surface area contributed by atoms with E-state index in [-0.39, 0.29) is 12.6 Å². The zero-order valence-electron chi connectivity index (χ0n) is 12.2. The Kier molecular flexibility index (Phi) is 6.73. The summed E-state index contributed by atoms with van der Waals surface area (Å²) in [5, 5.41) is 0. The zero-order chi connectivity index (χ0) is 16.8. The Labute approximate surface area is 145 Å². The van der Waals surface area contributed by atoms with E-state index in [4.69, 9.17) is 4.74 Å². The fourth-order valence-corrected chi connectivity index (χ4v) is 4.12. The van der Waals surface area contributed by atoms with Crippen LogP contribution in [0.15, 0.2) is 34.3 Å². The van der Waals surface area contributed by atoms with E-state index >= 15 is 0 Å². The Morgan fingerprint density at radius 3 is 2.96 bits per heavy atom. The maximum absolute atomic E-state index is 13.3. The molecule has 2 rings (SSSR count). The van der Waals surface area contributed by atoms with Crippen molar-refractivity contribution in [1.82, 2.24) is 0 Å². The SMILES string of the molecule is O=COCCC1=CCCCC1N(c1ccc(F)cc1Br)S(=O)[O-]. The summed E-state index contributed by atoms with van der Waals surface area (Å²) in [6.07, 6.45) is 4.83. The number of hydrogen-bond donors (Lipinski definition) is 0. The summed E-state index contributed by atoms with van der Waals surface area (Å²) in [6, 6.07) is 3.53. The van der Waals surface area contributed by atoms with E-state index in [1.165, 1.54) is 22.5 Å². The van der Waals surface area contributed by atoms with E-state index in [0.29, 0.717) is 29.5 Å². The number of rotatable bonds is 7. The third-order valence-electron chi connectivity index (χ3n) is 3.68. The molecule has 1 aliphatic rings. The van der Waals surface area contributed by atoms with Crippen LogP contribution in [-0.2, 0) is 20.8 Å². The van der Waals surface area contributed by atoms with Gasteiger partial charge in [0.25, 0.3) is 6.47 Å². The number of ether oxygens (including phenoxy) is 1. The monoisotopic (exact) mass is 404 g/mol. The molecular formula is C15H16BrFNO4S-. The summed E-state index contributed by atoms with van der Waals surface area (Å²) in [5.41, 5.74) is 1.28. The highest BCUT2D eigenvalue weighted by atomic mass is 79.9. The first-order chi connectivity index (χ1) is 11.0. The minimum absolute atomic E-state index is 0.204. The van der Waals surface area contributed by atoms with Gasteiger partial charge < -0.3 is 9.29 Å². The number of hydrogen-bond acceptors (Lipinski definition) is 4. The maximum Gasteiger partial charge on any atom is 0.293 e. The van der Waals surface area contributed by atoms with Gasteiger partial charge in [-0.05, 0) is 59.0 Å². The topological polar surface area (TPSA) is 69.7 Å². The smallest absolute Gasteiger partial charge is 0.293 e. The fraction of sp³-hybridized carbons (Fsp3) is 0.400. The Balaban J connectivity index is 2.31. The second-order valence-electron chi connectivity index (χ2n) is 5.08. The van der Waals surface area contributed by atoms with Crippen LogP contribution >= 0.6 is 15.9 Å². The van der Waals surface area contributed by atoms with Crippen molar-refractivity contribution in [2.45, 2.75) is 31.7 Å². The largest absolute Gasteiger partial charge is 0.755 e. The van der Waals surface area contributed by atoms with Crippen LogP contribution in [0, 0.1) is 5.82 Å². The molecule has 1 aromatic rings. The molecule has 0 saturated heterocycles. The van der Waals surface area contributed by atoms with Crippen LogP contribution in [0.4, 0.5) is 10.1 Å². The van der Waals surface area contributed by atoms with Crippen LogP contribution in [0.5, 0.6) is 0 Å². The number of allylic oxidation sites excluding steroid dienone is 1. The van der Waals surface area contributed by atoms with Crippen molar-refractivity contribution in [3.05, 3.63) is 40.1 Å². The van der Waals surface area contributed by atoms with Gasteiger partial charge in [-0.3, -0.25) is 13.3 Å². The van der Waals surface area contributed by atoms with Gasteiger partial charge in [0.2, 0.25) is 0 Å². The van der Waals surface area contributed by atoms with E-state index in [1.807, 2.05) is 6.08 Å². The van der Waals surface area contributed by atoms with Gasteiger partial charge in [-0.1, -0.05) is 6.08 Å². The Hall–Kier alpha value is -1.25. The van der Waals surface area contributed by atoms with E-state index in [0.717, 1.165) is 18.4 Å². The minimum atomic E-state index is -2.52. The summed E-state index contributed by atoms with van der Waals surface area (Å²) in [6.45, 7) is 0.578. The van der Waals surface area contributed by atoms with Crippen molar-refractivity contribution >= 4 is 39.4 Å². The molecule has 5 nitrogen and oxygen atoms in total. The predicted molar refractivity (Wildman–Crippen MR) is 87.9 cm³/mol. The molecular weight excluding hydrogens is 389 g/mol. The van der Waals surface area contributed by atoms with Crippen molar-refractivity contribution < 1.29 is 22.7 Å². The number of nitrogens with zero attached hydrogens (tertiary/aromatic N) is 1. The van der Waals surface area contributed by atoms with Gasteiger partial charge in [0.05, 0.1) is 18.3 Å². The van der Waals surface area contributed by atoms with E-state index in [2.05, 4.69) is 15.9 Å². The van der Waals surface area contributed by atoms with Crippen LogP contribution in [0.3, 0.4) is 0 Å². The summed E-state index contributed by atoms with van der Waals surface area (Å²) < 4.78 is 43.2. The molecule has 0 bridgehead atoms. The second kappa shape index (κ2) is 8.56. The summed E-state index contributed by atoms with van der Waals surface area (Å²) >= 11 is 0.704. The molecule has 0 radical (unpaired) electrons. The van der Waals surface area contributed by atoms with Crippen LogP contribution in [0.2, 0.25) is 0 Å². The van der Waals surface area contributed by atoms with Crippen LogP contribution < -0.4 is 4.31 Å². The Morgan fingerprint density at radius 1 is 1.52 bits per heavy atom. The van der Waals surface area contributed by atoms with Gasteiger partial charge in [0.1, 0.15) is 5.82 Å². The van der Waals surface area contributed by atoms with Gasteiger partial charge in [0, 0.05) is 22.2 Å². The molecule has 8 heteroatoms. The fourth-order valence-electron chi connectivity index (χ4n) is 2.69. The number of carbonyl (C=O) groups is 1. The molecule has 0 saturated carbocycles. The van der Waals surface area contributed by atoms with Crippen molar-refractivity contribution in [2.75, 3.05) is 10.9 Å². The maximum atomic E-state index is 13.3. The van der Waals surface area contributed by atoms with Crippen molar-refractivity contribution in [3.8, 4) is 0 Å². The normalized spacial score (nSPS) is 18.9. The number of benzene rings is 1. The third-order valence-corrected chi connectivity index (χ3v) is 5.09. The average Bonchev–Trinajstić information content (AvgIpc) is 2.51. The molecule has 0 fully saturated rings. The van der Waals surface area contributed by atoms with E-state index in [9.17, 15) is 17.9 Å². The first-order valence-corrected chi connectivity index (χ1v) is 8.95. The molecule has 1 aliphatic carbocycles. The lowest BCUT2D eigenvalue weighted by Crippen LogP contribution is -2.40. The zero-order valence-corrected chi connectivity index (χ0v) is 14.6. The summed E-state index contributed by atoms with van der Waals surface area (Å²) in [7, 11) is 0. The van der Waals surface area contributed by atoms with Crippen molar-refractivity contribution in [2.24, 2.45) is 0 Å². The highest BCUT2D eigenvalue weighted by Gasteiger charge is 2.27. The van der Waals surface area contributed by atoms with Gasteiger partial charge in [-0.15, -0.1) is 0 Å². The molecule has 0 aliphatic heterocycles. The quantitative estimate of drug-likeness (QED) is 0.302. The van der Waals surface area contributed by atoms with Crippen molar-refractivity contribution in [3.63, 3.8) is 0 Å². The van der Waals surface area contributed by atoms with Gasteiger partial charge in [0.15, 0.2) is 0 Å². The highest BCUT2D eigenvalue weighted by Crippen LogP contribution is 2.35. The summed E-state index contributed by atoms with van der Waals surface area (Å²) in [4.78, 5) is 10.3. The van der Waals surface area contributed by atoms with E-state index < -0.39 is 17.1 Å². The second-order valence-corrected chi connectivity index (χ2v) is 6.76. The lowest BCUT2D eigenvalue weighted by molar-refractivity contribution is -0.128. The predicted octanol–water partition coefficient (Wildman–Crippen LogP) is 3.23. The van der Waals surface area contributed by atoms with Crippen molar-refractivity contribution in [1.29, 1.82) is 0 Å². The molecule has 0 N–H and O–H groups in total. The minimum Gasteiger partial charge on any atom is -0.755 e. The molecule has 2 unspecified atom stereocenters.